The van der Waals surface area contributed by atoms with Crippen LogP contribution in [0, 0.1) is 0 Å². The van der Waals surface area contributed by atoms with E-state index in [1.54, 1.807) is 12.1 Å². The summed E-state index contributed by atoms with van der Waals surface area (Å²) >= 11 is 6.90. The van der Waals surface area contributed by atoms with Gasteiger partial charge in [-0.1, -0.05) is 23.4 Å². The minimum absolute atomic E-state index is 0.0522. The molecule has 2 rings (SSSR count). The third-order valence-corrected chi connectivity index (χ3v) is 3.71. The number of nitrogens with two attached hydrogens (primary N) is 1. The van der Waals surface area contributed by atoms with Crippen molar-refractivity contribution in [2.45, 2.75) is 5.16 Å². The first-order valence-electron chi connectivity index (χ1n) is 6.21. The number of hydrogen-bond acceptors (Lipinski definition) is 6. The Hall–Kier alpha value is -2.03. The smallest absolute Gasteiger partial charge is 0.277 e. The molecule has 5 N–H and O–H groups in total. The summed E-state index contributed by atoms with van der Waals surface area (Å²) in [5.74, 6) is -0.211. The van der Waals surface area contributed by atoms with Crippen LogP contribution in [0.25, 0.3) is 0 Å². The maximum absolute atomic E-state index is 12.1. The highest BCUT2D eigenvalue weighted by Gasteiger charge is 2.14. The molecule has 7 nitrogen and oxygen atoms in total. The third kappa shape index (κ3) is 4.00. The normalized spacial score (nSPS) is 10.5. The first-order valence-corrected chi connectivity index (χ1v) is 7.58. The molecule has 0 spiro atoms. The van der Waals surface area contributed by atoms with Crippen molar-refractivity contribution in [2.75, 3.05) is 23.4 Å². The molecule has 0 fully saturated rings. The highest BCUT2D eigenvalue weighted by Crippen LogP contribution is 2.17. The molecular formula is C13H13ClN4O3S. The van der Waals surface area contributed by atoms with Crippen LogP contribution in [0.1, 0.15) is 10.4 Å². The molecule has 0 unspecified atom stereocenters. The second-order valence-electron chi connectivity index (χ2n) is 4.16. The summed E-state index contributed by atoms with van der Waals surface area (Å²) in [6, 6.07) is 6.19. The number of carbonyl (C=O) groups is 1. The summed E-state index contributed by atoms with van der Waals surface area (Å²) in [4.78, 5) is 30.5. The maximum Gasteiger partial charge on any atom is 0.277 e. The second-order valence-corrected chi connectivity index (χ2v) is 5.68. The van der Waals surface area contributed by atoms with Crippen molar-refractivity contribution < 1.29 is 9.90 Å². The molecule has 1 heterocycles. The Morgan fingerprint density at radius 2 is 2.09 bits per heavy atom. The molecule has 2 aromatic rings. The lowest BCUT2D eigenvalue weighted by Gasteiger charge is -2.08. The highest BCUT2D eigenvalue weighted by atomic mass is 35.5. The number of rotatable bonds is 5. The van der Waals surface area contributed by atoms with Crippen molar-refractivity contribution in [3.63, 3.8) is 0 Å². The summed E-state index contributed by atoms with van der Waals surface area (Å²) < 4.78 is 0. The molecule has 0 aliphatic rings. The molecule has 0 saturated carbocycles. The van der Waals surface area contributed by atoms with Gasteiger partial charge in [0.2, 0.25) is 0 Å². The van der Waals surface area contributed by atoms with Crippen LogP contribution in [0.2, 0.25) is 5.02 Å². The first kappa shape index (κ1) is 16.3. The van der Waals surface area contributed by atoms with E-state index in [2.05, 4.69) is 15.3 Å². The Balaban J connectivity index is 2.20. The molecule has 22 heavy (non-hydrogen) atoms. The third-order valence-electron chi connectivity index (χ3n) is 2.60. The van der Waals surface area contributed by atoms with Crippen LogP contribution in [-0.4, -0.2) is 33.3 Å². The van der Waals surface area contributed by atoms with Crippen LogP contribution in [-0.2, 0) is 0 Å². The number of halogens is 1. The van der Waals surface area contributed by atoms with E-state index in [0.717, 1.165) is 11.8 Å². The standard InChI is InChI=1S/C13H13ClN4O3S/c14-8-3-1-7(2-4-8)11(20)16-9-10(15)17-13(18-12(9)21)22-6-5-19/h1-4,19H,5-6H2,(H,16,20)(H3,15,17,18,21). The van der Waals surface area contributed by atoms with E-state index in [1.165, 1.54) is 12.1 Å². The fraction of sp³-hybridized carbons (Fsp3) is 0.154. The molecule has 0 saturated heterocycles. The highest BCUT2D eigenvalue weighted by molar-refractivity contribution is 7.99. The fourth-order valence-corrected chi connectivity index (χ4v) is 2.33. The van der Waals surface area contributed by atoms with Gasteiger partial charge in [0.15, 0.2) is 11.0 Å². The van der Waals surface area contributed by atoms with Gasteiger partial charge in [-0.2, -0.15) is 0 Å². The van der Waals surface area contributed by atoms with Crippen molar-refractivity contribution in [1.82, 2.24) is 9.97 Å². The number of nitrogen functional groups attached to an aromatic ring is 1. The van der Waals surface area contributed by atoms with Crippen LogP contribution < -0.4 is 16.6 Å². The molecule has 0 atom stereocenters. The number of aliphatic hydroxyl groups excluding tert-OH is 1. The Morgan fingerprint density at radius 3 is 2.68 bits per heavy atom. The summed E-state index contributed by atoms with van der Waals surface area (Å²) in [6.07, 6.45) is 0. The van der Waals surface area contributed by atoms with E-state index in [9.17, 15) is 9.59 Å². The minimum Gasteiger partial charge on any atom is -0.396 e. The monoisotopic (exact) mass is 340 g/mol. The van der Waals surface area contributed by atoms with Crippen molar-refractivity contribution in [2.24, 2.45) is 0 Å². The number of anilines is 2. The number of nitrogens with one attached hydrogen (secondary N) is 2. The van der Waals surface area contributed by atoms with Gasteiger partial charge in [0.05, 0.1) is 6.61 Å². The van der Waals surface area contributed by atoms with Gasteiger partial charge in [-0.3, -0.25) is 14.6 Å². The van der Waals surface area contributed by atoms with Crippen LogP contribution in [0.4, 0.5) is 11.5 Å². The number of thioether (sulfide) groups is 1. The van der Waals surface area contributed by atoms with Crippen LogP contribution in [0.15, 0.2) is 34.2 Å². The molecular weight excluding hydrogens is 328 g/mol. The zero-order valence-electron chi connectivity index (χ0n) is 11.3. The van der Waals surface area contributed by atoms with E-state index >= 15 is 0 Å². The molecule has 0 aliphatic heterocycles. The number of aliphatic hydroxyl groups is 1. The Kier molecular flexibility index (Phi) is 5.42. The molecule has 1 amide bonds. The van der Waals surface area contributed by atoms with Crippen LogP contribution >= 0.6 is 23.4 Å². The predicted molar refractivity (Wildman–Crippen MR) is 86.5 cm³/mol. The lowest BCUT2D eigenvalue weighted by molar-refractivity contribution is 0.102. The number of hydrogen-bond donors (Lipinski definition) is 4. The van der Waals surface area contributed by atoms with Gasteiger partial charge in [0, 0.05) is 16.3 Å². The maximum atomic E-state index is 12.1. The first-order chi connectivity index (χ1) is 10.5. The van der Waals surface area contributed by atoms with Crippen molar-refractivity contribution in [1.29, 1.82) is 0 Å². The molecule has 0 bridgehead atoms. The van der Waals surface area contributed by atoms with E-state index in [1.807, 2.05) is 0 Å². The fourth-order valence-electron chi connectivity index (χ4n) is 1.59. The topological polar surface area (TPSA) is 121 Å². The average molecular weight is 341 g/mol. The van der Waals surface area contributed by atoms with Crippen molar-refractivity contribution >= 4 is 40.8 Å². The van der Waals surface area contributed by atoms with Gasteiger partial charge in [0.25, 0.3) is 11.5 Å². The summed E-state index contributed by atoms with van der Waals surface area (Å²) in [7, 11) is 0. The van der Waals surface area contributed by atoms with Gasteiger partial charge in [-0.15, -0.1) is 0 Å². The zero-order valence-corrected chi connectivity index (χ0v) is 12.9. The Morgan fingerprint density at radius 1 is 1.41 bits per heavy atom. The number of nitrogens with zero attached hydrogens (tertiary/aromatic N) is 1. The van der Waals surface area contributed by atoms with Gasteiger partial charge in [-0.05, 0) is 24.3 Å². The van der Waals surface area contributed by atoms with E-state index in [0.29, 0.717) is 16.3 Å². The number of H-pyrrole nitrogens is 1. The van der Waals surface area contributed by atoms with Crippen LogP contribution in [0.3, 0.4) is 0 Å². The number of carbonyl (C=O) groups excluding carboxylic acids is 1. The van der Waals surface area contributed by atoms with Gasteiger partial charge in [0.1, 0.15) is 5.69 Å². The number of benzene rings is 1. The minimum atomic E-state index is -0.560. The van der Waals surface area contributed by atoms with Crippen molar-refractivity contribution in [3.8, 4) is 0 Å². The number of aromatic nitrogens is 2. The molecule has 116 valence electrons. The van der Waals surface area contributed by atoms with E-state index in [4.69, 9.17) is 22.4 Å². The Labute approximate surface area is 134 Å². The summed E-state index contributed by atoms with van der Waals surface area (Å²) in [5, 5.41) is 12.0. The largest absolute Gasteiger partial charge is 0.396 e. The van der Waals surface area contributed by atoms with Gasteiger partial charge >= 0.3 is 0 Å². The molecule has 1 aromatic heterocycles. The van der Waals surface area contributed by atoms with Crippen LogP contribution in [0.5, 0.6) is 0 Å². The zero-order chi connectivity index (χ0) is 16.1. The lowest BCUT2D eigenvalue weighted by atomic mass is 10.2. The predicted octanol–water partition coefficient (Wildman–Crippen LogP) is 1.34. The average Bonchev–Trinajstić information content (AvgIpc) is 2.49. The SMILES string of the molecule is Nc1nc(SCCO)[nH]c(=O)c1NC(=O)c1ccc(Cl)cc1. The van der Waals surface area contributed by atoms with Gasteiger partial charge < -0.3 is 16.2 Å². The number of aromatic amines is 1. The molecule has 1 aromatic carbocycles. The number of amides is 1. The quantitative estimate of drug-likeness (QED) is 0.481. The Bertz CT molecular complexity index is 733. The molecule has 0 radical (unpaired) electrons. The second kappa shape index (κ2) is 7.30. The molecule has 0 aliphatic carbocycles. The summed E-state index contributed by atoms with van der Waals surface area (Å²) in [6.45, 7) is -0.0522. The molecule has 9 heteroatoms. The lowest BCUT2D eigenvalue weighted by Crippen LogP contribution is -2.23. The summed E-state index contributed by atoms with van der Waals surface area (Å²) in [5.41, 5.74) is 5.36. The van der Waals surface area contributed by atoms with Crippen molar-refractivity contribution in [3.05, 3.63) is 45.2 Å². The van der Waals surface area contributed by atoms with Gasteiger partial charge in [-0.25, -0.2) is 4.98 Å². The van der Waals surface area contributed by atoms with E-state index in [-0.39, 0.29) is 23.3 Å². The van der Waals surface area contributed by atoms with E-state index < -0.39 is 11.5 Å².